The van der Waals surface area contributed by atoms with Gasteiger partial charge in [-0.25, -0.2) is 0 Å². The van der Waals surface area contributed by atoms with Crippen molar-refractivity contribution in [3.63, 3.8) is 0 Å². The summed E-state index contributed by atoms with van der Waals surface area (Å²) in [6, 6.07) is 22.6. The summed E-state index contributed by atoms with van der Waals surface area (Å²) in [5, 5.41) is 27.8. The van der Waals surface area contributed by atoms with Crippen molar-refractivity contribution in [1.82, 2.24) is 0 Å². The van der Waals surface area contributed by atoms with E-state index < -0.39 is 0 Å². The third-order valence-electron chi connectivity index (χ3n) is 21.7. The van der Waals surface area contributed by atoms with Crippen LogP contribution in [-0.2, 0) is 45.0 Å². The highest BCUT2D eigenvalue weighted by atomic mass is 16.5. The van der Waals surface area contributed by atoms with E-state index in [2.05, 4.69) is 66.7 Å². The molecule has 0 heterocycles. The Morgan fingerprint density at radius 3 is 2.38 bits per heavy atom. The summed E-state index contributed by atoms with van der Waals surface area (Å²) in [7, 11) is 1.58. The van der Waals surface area contributed by atoms with Crippen LogP contribution in [0.15, 0.2) is 72.3 Å². The highest BCUT2D eigenvalue weighted by molar-refractivity contribution is 6.59. The first-order valence-electron chi connectivity index (χ1n) is 24.3. The molecule has 22 rings (SSSR count). The number of benzene rings is 9. The molecular formula is C61H34O2. The zero-order valence-electron chi connectivity index (χ0n) is 34.6. The molecule has 0 amide bonds. The normalized spacial score (nSPS) is 30.9. The molecule has 0 aliphatic heterocycles. The summed E-state index contributed by atoms with van der Waals surface area (Å²) in [6.07, 6.45) is 13.5. The van der Waals surface area contributed by atoms with Crippen molar-refractivity contribution in [1.29, 1.82) is 0 Å². The summed E-state index contributed by atoms with van der Waals surface area (Å²) >= 11 is 0. The second-order valence-electron chi connectivity index (χ2n) is 22.7. The lowest BCUT2D eigenvalue weighted by atomic mass is 9.51. The molecular weight excluding hydrogens is 765 g/mol. The number of fused-ring (bicyclic) bond motifs is 2. The molecule has 7 unspecified atom stereocenters. The van der Waals surface area contributed by atoms with Crippen LogP contribution >= 0.6 is 0 Å². The first kappa shape index (κ1) is 29.2. The van der Waals surface area contributed by atoms with E-state index in [-0.39, 0.29) is 22.2 Å². The van der Waals surface area contributed by atoms with Crippen molar-refractivity contribution in [3.8, 4) is 11.1 Å². The standard InChI is InChI=1S/C61H34O2/c1-63-33(62)8-5-13-59(28-6-3-2-4-7-28)60-55-22-10-9-21-14-25-19-31-32-20-27-17-24-16-26-18-30-29-12-11-23(15-22)56(60)42(29)52-41(30)44-35(26)34(24)43-36(27)45-39(32)40(31)46-37(25)51(38(21)55)57-53-50(46)48(45)47(43)49(44)54(53)58(52)61(57,59)60/h2-4,6-7,9-12,17,20-22,25,30H,5,8,13-16,18-19H2,1H3. The number of hydrogen-bond acceptors (Lipinski definition) is 2. The van der Waals surface area contributed by atoms with Crippen molar-refractivity contribution < 1.29 is 9.53 Å². The minimum Gasteiger partial charge on any atom is -0.469 e. The van der Waals surface area contributed by atoms with Gasteiger partial charge in [0.2, 0.25) is 0 Å². The highest BCUT2D eigenvalue weighted by Gasteiger charge is 2.95. The molecule has 0 N–H and O–H groups in total. The number of carbonyl (C=O) groups excluding carboxylic acids is 1. The molecule has 1 fully saturated rings. The van der Waals surface area contributed by atoms with Gasteiger partial charge in [0.15, 0.2) is 0 Å². The van der Waals surface area contributed by atoms with Gasteiger partial charge in [-0.05, 0) is 232 Å². The quantitative estimate of drug-likeness (QED) is 0.0750. The van der Waals surface area contributed by atoms with Crippen molar-refractivity contribution in [3.05, 3.63) is 139 Å². The fourth-order valence-electron chi connectivity index (χ4n) is 20.9. The average Bonchev–Trinajstić information content (AvgIpc) is 3.79. The first-order chi connectivity index (χ1) is 31.1. The molecule has 2 spiro atoms. The van der Waals surface area contributed by atoms with Crippen LogP contribution in [-0.4, -0.2) is 13.1 Å². The Balaban J connectivity index is 1.12. The predicted molar refractivity (Wildman–Crippen MR) is 251 cm³/mol. The minimum absolute atomic E-state index is 0.0746. The maximum atomic E-state index is 13.3. The van der Waals surface area contributed by atoms with E-state index in [1.54, 1.807) is 171 Å². The lowest BCUT2D eigenvalue weighted by molar-refractivity contribution is -0.140. The second kappa shape index (κ2) is 7.87. The highest BCUT2D eigenvalue weighted by Crippen LogP contribution is 2.96. The van der Waals surface area contributed by atoms with Crippen LogP contribution in [0.4, 0.5) is 0 Å². The van der Waals surface area contributed by atoms with E-state index in [1.165, 1.54) is 23.8 Å². The van der Waals surface area contributed by atoms with Crippen molar-refractivity contribution in [2.45, 2.75) is 79.4 Å². The fourth-order valence-corrected chi connectivity index (χ4v) is 20.9. The van der Waals surface area contributed by atoms with Gasteiger partial charge in [0.1, 0.15) is 0 Å². The molecule has 11 aliphatic rings. The molecule has 7 atom stereocenters. The number of hydrogen-bond donors (Lipinski definition) is 0. The van der Waals surface area contributed by atoms with Gasteiger partial charge >= 0.3 is 5.97 Å². The van der Waals surface area contributed by atoms with Gasteiger partial charge in [0.05, 0.1) is 7.11 Å². The molecule has 0 bridgehead atoms. The van der Waals surface area contributed by atoms with Gasteiger partial charge in [-0.15, -0.1) is 0 Å². The largest absolute Gasteiger partial charge is 0.469 e. The third kappa shape index (κ3) is 2.12. The van der Waals surface area contributed by atoms with E-state index in [9.17, 15) is 4.79 Å². The van der Waals surface area contributed by atoms with Crippen LogP contribution < -0.4 is 5.22 Å². The van der Waals surface area contributed by atoms with E-state index in [0.717, 1.165) is 32.1 Å². The Morgan fingerprint density at radius 1 is 0.683 bits per heavy atom. The molecule has 11 aromatic carbocycles. The van der Waals surface area contributed by atoms with Gasteiger partial charge < -0.3 is 4.74 Å². The number of allylic oxidation sites excluding steroid dienone is 4. The topological polar surface area (TPSA) is 26.3 Å². The minimum atomic E-state index is -0.244. The molecule has 0 saturated heterocycles. The summed E-state index contributed by atoms with van der Waals surface area (Å²) in [4.78, 5) is 13.3. The molecule has 0 aromatic heterocycles. The fraction of sp³-hybridized carbons (Fsp3) is 0.262. The Bertz CT molecular complexity index is 4520. The molecule has 11 aromatic rings. The smallest absolute Gasteiger partial charge is 0.305 e. The first-order valence-corrected chi connectivity index (χ1v) is 24.3. The summed E-state index contributed by atoms with van der Waals surface area (Å²) < 4.78 is 5.45. The lowest BCUT2D eigenvalue weighted by Crippen LogP contribution is -2.43. The molecule has 2 nitrogen and oxygen atoms in total. The molecule has 0 radical (unpaired) electrons. The predicted octanol–water partition coefficient (Wildman–Crippen LogP) is 12.4. The number of carbonyl (C=O) groups is 1. The molecule has 1 saturated carbocycles. The molecule has 2 heteroatoms. The van der Waals surface area contributed by atoms with Gasteiger partial charge in [0, 0.05) is 40.4 Å². The van der Waals surface area contributed by atoms with Gasteiger partial charge in [-0.2, -0.15) is 0 Å². The molecule has 63 heavy (non-hydrogen) atoms. The monoisotopic (exact) mass is 798 g/mol. The average molecular weight is 799 g/mol. The van der Waals surface area contributed by atoms with E-state index in [1.807, 2.05) is 5.57 Å². The summed E-state index contributed by atoms with van der Waals surface area (Å²) in [5.74, 6) is 1.67. The number of ether oxygens (including phenoxy) is 1. The summed E-state index contributed by atoms with van der Waals surface area (Å²) in [5.41, 5.74) is 26.4. The Hall–Kier alpha value is -6.25. The lowest BCUT2D eigenvalue weighted by Gasteiger charge is -2.52. The van der Waals surface area contributed by atoms with Crippen LogP contribution in [0.3, 0.4) is 0 Å². The number of methoxy groups -OCH3 is 1. The van der Waals surface area contributed by atoms with Gasteiger partial charge in [-0.3, -0.25) is 4.79 Å². The molecule has 290 valence electrons. The maximum Gasteiger partial charge on any atom is 0.305 e. The van der Waals surface area contributed by atoms with Crippen molar-refractivity contribution in [2.24, 2.45) is 11.8 Å². The second-order valence-corrected chi connectivity index (χ2v) is 22.7. The molecule has 11 aliphatic carbocycles. The zero-order chi connectivity index (χ0) is 39.6. The van der Waals surface area contributed by atoms with Crippen LogP contribution in [0.25, 0.3) is 108 Å². The third-order valence-corrected chi connectivity index (χ3v) is 21.7. The summed E-state index contributed by atoms with van der Waals surface area (Å²) in [6.45, 7) is 0. The number of rotatable bonds is 5. The van der Waals surface area contributed by atoms with Crippen molar-refractivity contribution >= 4 is 103 Å². The Morgan fingerprint density at radius 2 is 1.49 bits per heavy atom. The van der Waals surface area contributed by atoms with E-state index >= 15 is 0 Å². The number of esters is 1. The van der Waals surface area contributed by atoms with Gasteiger partial charge in [-0.1, -0.05) is 66.3 Å². The van der Waals surface area contributed by atoms with Crippen LogP contribution in [0, 0.1) is 11.8 Å². The Kier molecular flexibility index (Phi) is 3.64. The van der Waals surface area contributed by atoms with Crippen LogP contribution in [0.1, 0.15) is 105 Å². The zero-order valence-corrected chi connectivity index (χ0v) is 34.6. The van der Waals surface area contributed by atoms with E-state index in [0.29, 0.717) is 30.1 Å². The van der Waals surface area contributed by atoms with E-state index in [4.69, 9.17) is 4.74 Å². The van der Waals surface area contributed by atoms with Crippen molar-refractivity contribution in [2.75, 3.05) is 7.11 Å². The van der Waals surface area contributed by atoms with Crippen LogP contribution in [0.5, 0.6) is 0 Å². The SMILES string of the molecule is COC(=O)CCCC1(c2ccccc2)C23C4=C5c6c7c8c9c%10c%11cc%12cc%13c%14c%15c%16c%17c(c%18c%19c(c6C%1812)c8c1c(c%119)c%12c%14c1c%16%19)-c1c(ccc(c13)CC4C=CC5CC7C%10)C%17CC=%15C%13. The van der Waals surface area contributed by atoms with Crippen LogP contribution in [0.2, 0.25) is 0 Å². The Labute approximate surface area is 359 Å². The van der Waals surface area contributed by atoms with Gasteiger partial charge in [0.25, 0.3) is 0 Å². The maximum absolute atomic E-state index is 13.3.